The van der Waals surface area contributed by atoms with Crippen molar-refractivity contribution in [2.45, 2.75) is 25.9 Å². The first-order chi connectivity index (χ1) is 8.66. The van der Waals surface area contributed by atoms with Gasteiger partial charge in [-0.25, -0.2) is 0 Å². The largest absolute Gasteiger partial charge is 0.493 e. The van der Waals surface area contributed by atoms with Gasteiger partial charge < -0.3 is 14.6 Å². The van der Waals surface area contributed by atoms with Crippen LogP contribution in [0.15, 0.2) is 22.7 Å². The number of ether oxygens (including phenoxy) is 2. The Labute approximate surface area is 116 Å². The Kier molecular flexibility index (Phi) is 5.03. The number of hydrogen-bond acceptors (Lipinski definition) is 3. The van der Waals surface area contributed by atoms with Gasteiger partial charge in [0.25, 0.3) is 0 Å². The summed E-state index contributed by atoms with van der Waals surface area (Å²) in [5.41, 5.74) is 0.838. The number of aliphatic hydroxyl groups is 1. The summed E-state index contributed by atoms with van der Waals surface area (Å²) in [5.74, 6) is 1.32. The Hall–Kier alpha value is -0.580. The molecule has 1 aromatic rings. The third-order valence-electron chi connectivity index (χ3n) is 3.24. The average molecular weight is 315 g/mol. The topological polar surface area (TPSA) is 38.7 Å². The van der Waals surface area contributed by atoms with E-state index in [1.54, 1.807) is 6.92 Å². The van der Waals surface area contributed by atoms with Crippen molar-refractivity contribution in [3.63, 3.8) is 0 Å². The van der Waals surface area contributed by atoms with E-state index in [1.165, 1.54) is 0 Å². The van der Waals surface area contributed by atoms with E-state index in [4.69, 9.17) is 9.47 Å². The summed E-state index contributed by atoms with van der Waals surface area (Å²) < 4.78 is 12.2. The summed E-state index contributed by atoms with van der Waals surface area (Å²) in [5, 5.41) is 9.72. The molecule has 4 heteroatoms. The highest BCUT2D eigenvalue weighted by Gasteiger charge is 2.16. The molecule has 0 aromatic heterocycles. The van der Waals surface area contributed by atoms with Gasteiger partial charge in [0.05, 0.1) is 12.7 Å². The third kappa shape index (κ3) is 3.70. The zero-order valence-corrected chi connectivity index (χ0v) is 12.1. The van der Waals surface area contributed by atoms with Crippen molar-refractivity contribution in [1.29, 1.82) is 0 Å². The molecule has 1 saturated heterocycles. The van der Waals surface area contributed by atoms with Crippen LogP contribution < -0.4 is 4.74 Å². The predicted octanol–water partition coefficient (Wildman–Crippen LogP) is 3.31. The minimum Gasteiger partial charge on any atom is -0.493 e. The normalized spacial score (nSPS) is 18.6. The van der Waals surface area contributed by atoms with E-state index in [-0.39, 0.29) is 0 Å². The van der Waals surface area contributed by atoms with Crippen molar-refractivity contribution in [1.82, 2.24) is 0 Å². The van der Waals surface area contributed by atoms with Crippen molar-refractivity contribution in [3.8, 4) is 5.75 Å². The summed E-state index contributed by atoms with van der Waals surface area (Å²) >= 11 is 3.43. The van der Waals surface area contributed by atoms with Crippen molar-refractivity contribution in [3.05, 3.63) is 28.2 Å². The van der Waals surface area contributed by atoms with Crippen LogP contribution in [0.5, 0.6) is 5.75 Å². The number of hydrogen-bond donors (Lipinski definition) is 1. The summed E-state index contributed by atoms with van der Waals surface area (Å²) in [7, 11) is 0. The van der Waals surface area contributed by atoms with Crippen molar-refractivity contribution in [2.24, 2.45) is 5.92 Å². The molecule has 1 aromatic carbocycles. The molecule has 0 saturated carbocycles. The molecule has 1 aliphatic rings. The highest BCUT2D eigenvalue weighted by molar-refractivity contribution is 9.10. The quantitative estimate of drug-likeness (QED) is 0.926. The lowest BCUT2D eigenvalue weighted by atomic mass is 10.0. The van der Waals surface area contributed by atoms with Gasteiger partial charge in [-0.1, -0.05) is 22.0 Å². The first kappa shape index (κ1) is 13.8. The van der Waals surface area contributed by atoms with Crippen LogP contribution in [0, 0.1) is 5.92 Å². The molecule has 1 heterocycles. The molecule has 1 fully saturated rings. The molecular weight excluding hydrogens is 296 g/mol. The zero-order valence-electron chi connectivity index (χ0n) is 10.6. The van der Waals surface area contributed by atoms with Crippen molar-refractivity contribution >= 4 is 15.9 Å². The monoisotopic (exact) mass is 314 g/mol. The molecular formula is C14H19BrO3. The molecule has 18 heavy (non-hydrogen) atoms. The molecule has 100 valence electrons. The van der Waals surface area contributed by atoms with Gasteiger partial charge in [-0.2, -0.15) is 0 Å². The molecule has 1 aliphatic heterocycles. The first-order valence-corrected chi connectivity index (χ1v) is 7.14. The summed E-state index contributed by atoms with van der Waals surface area (Å²) in [6, 6.07) is 5.73. The fourth-order valence-electron chi connectivity index (χ4n) is 2.10. The fourth-order valence-corrected chi connectivity index (χ4v) is 2.44. The molecule has 3 nitrogen and oxygen atoms in total. The Morgan fingerprint density at radius 3 is 2.83 bits per heavy atom. The Bertz CT molecular complexity index is 387. The molecule has 0 amide bonds. The van der Waals surface area contributed by atoms with Gasteiger partial charge in [-0.05, 0) is 37.8 Å². The van der Waals surface area contributed by atoms with E-state index in [0.717, 1.165) is 41.8 Å². The van der Waals surface area contributed by atoms with Gasteiger partial charge >= 0.3 is 0 Å². The van der Waals surface area contributed by atoms with Crippen LogP contribution in [0.1, 0.15) is 31.4 Å². The van der Waals surface area contributed by atoms with Gasteiger partial charge in [0.1, 0.15) is 5.75 Å². The van der Waals surface area contributed by atoms with E-state index >= 15 is 0 Å². The van der Waals surface area contributed by atoms with Crippen molar-refractivity contribution in [2.75, 3.05) is 19.8 Å². The Morgan fingerprint density at radius 1 is 1.44 bits per heavy atom. The maximum Gasteiger partial charge on any atom is 0.126 e. The lowest BCUT2D eigenvalue weighted by Gasteiger charge is -2.23. The molecule has 2 rings (SSSR count). The predicted molar refractivity (Wildman–Crippen MR) is 73.8 cm³/mol. The van der Waals surface area contributed by atoms with Crippen LogP contribution in [-0.2, 0) is 4.74 Å². The Balaban J connectivity index is 2.00. The Morgan fingerprint density at radius 2 is 2.17 bits per heavy atom. The van der Waals surface area contributed by atoms with Gasteiger partial charge in [-0.15, -0.1) is 0 Å². The number of rotatable bonds is 4. The lowest BCUT2D eigenvalue weighted by molar-refractivity contribution is 0.0491. The number of halogens is 1. The maximum atomic E-state index is 9.72. The minimum atomic E-state index is -0.511. The summed E-state index contributed by atoms with van der Waals surface area (Å²) in [6.07, 6.45) is 1.60. The fraction of sp³-hybridized carbons (Fsp3) is 0.571. The van der Waals surface area contributed by atoms with Crippen LogP contribution in [-0.4, -0.2) is 24.9 Å². The van der Waals surface area contributed by atoms with Crippen LogP contribution in [0.2, 0.25) is 0 Å². The van der Waals surface area contributed by atoms with Crippen LogP contribution in [0.3, 0.4) is 0 Å². The molecule has 1 unspecified atom stereocenters. The second kappa shape index (κ2) is 6.55. The molecule has 1 atom stereocenters. The second-order valence-electron chi connectivity index (χ2n) is 4.72. The maximum absolute atomic E-state index is 9.72. The standard InChI is InChI=1S/C14H19BrO3/c1-10(16)13-3-2-12(15)8-14(13)18-9-11-4-6-17-7-5-11/h2-3,8,10-11,16H,4-7,9H2,1H3. The van der Waals surface area contributed by atoms with E-state index in [0.29, 0.717) is 12.5 Å². The molecule has 0 bridgehead atoms. The molecule has 0 radical (unpaired) electrons. The highest BCUT2D eigenvalue weighted by Crippen LogP contribution is 2.29. The smallest absolute Gasteiger partial charge is 0.126 e. The number of aliphatic hydroxyl groups excluding tert-OH is 1. The number of benzene rings is 1. The second-order valence-corrected chi connectivity index (χ2v) is 5.64. The van der Waals surface area contributed by atoms with Crippen LogP contribution in [0.25, 0.3) is 0 Å². The SMILES string of the molecule is CC(O)c1ccc(Br)cc1OCC1CCOCC1. The van der Waals surface area contributed by atoms with Gasteiger partial charge in [0.2, 0.25) is 0 Å². The van der Waals surface area contributed by atoms with Gasteiger partial charge in [-0.3, -0.25) is 0 Å². The highest BCUT2D eigenvalue weighted by atomic mass is 79.9. The van der Waals surface area contributed by atoms with E-state index < -0.39 is 6.10 Å². The van der Waals surface area contributed by atoms with E-state index in [2.05, 4.69) is 15.9 Å². The lowest BCUT2D eigenvalue weighted by Crippen LogP contribution is -2.21. The van der Waals surface area contributed by atoms with Crippen molar-refractivity contribution < 1.29 is 14.6 Å². The average Bonchev–Trinajstić information content (AvgIpc) is 2.37. The van der Waals surface area contributed by atoms with E-state index in [9.17, 15) is 5.11 Å². The molecule has 1 N–H and O–H groups in total. The molecule has 0 spiro atoms. The van der Waals surface area contributed by atoms with Crippen LogP contribution >= 0.6 is 15.9 Å². The van der Waals surface area contributed by atoms with Crippen LogP contribution in [0.4, 0.5) is 0 Å². The first-order valence-electron chi connectivity index (χ1n) is 6.35. The summed E-state index contributed by atoms with van der Waals surface area (Å²) in [4.78, 5) is 0. The molecule has 0 aliphatic carbocycles. The summed E-state index contributed by atoms with van der Waals surface area (Å²) in [6.45, 7) is 4.11. The minimum absolute atomic E-state index is 0.511. The third-order valence-corrected chi connectivity index (χ3v) is 3.73. The van der Waals surface area contributed by atoms with Gasteiger partial charge in [0.15, 0.2) is 0 Å². The van der Waals surface area contributed by atoms with Gasteiger partial charge in [0, 0.05) is 23.2 Å². The zero-order chi connectivity index (χ0) is 13.0. The van der Waals surface area contributed by atoms with E-state index in [1.807, 2.05) is 18.2 Å².